The summed E-state index contributed by atoms with van der Waals surface area (Å²) in [5.74, 6) is -0.328. The van der Waals surface area contributed by atoms with Gasteiger partial charge in [-0.3, -0.25) is 9.59 Å². The van der Waals surface area contributed by atoms with E-state index < -0.39 is 5.60 Å². The van der Waals surface area contributed by atoms with Crippen molar-refractivity contribution in [3.05, 3.63) is 0 Å². The molecule has 0 heterocycles. The third kappa shape index (κ3) is 6.46. The molecule has 4 nitrogen and oxygen atoms in total. The minimum atomic E-state index is -0.773. The average Bonchev–Trinajstić information content (AvgIpc) is 2.03. The van der Waals surface area contributed by atoms with Gasteiger partial charge >= 0.3 is 5.97 Å². The first-order valence-electron chi connectivity index (χ1n) is 4.79. The van der Waals surface area contributed by atoms with E-state index in [1.165, 1.54) is 0 Å². The van der Waals surface area contributed by atoms with Crippen molar-refractivity contribution in [2.24, 2.45) is 0 Å². The van der Waals surface area contributed by atoms with Gasteiger partial charge in [0.05, 0.1) is 13.0 Å². The SMILES string of the molecule is CCCCOC(=O)CC(C)(C)OC=O. The molecule has 0 unspecified atom stereocenters. The molecule has 0 radical (unpaired) electrons. The standard InChI is InChI=1S/C10H18O4/c1-4-5-6-13-9(12)7-10(2,3)14-8-11/h8H,4-7H2,1-3H3. The molecule has 0 N–H and O–H groups in total. The van der Waals surface area contributed by atoms with E-state index in [0.717, 1.165) is 12.8 Å². The number of hydrogen-bond acceptors (Lipinski definition) is 4. The molecule has 0 bridgehead atoms. The third-order valence-corrected chi connectivity index (χ3v) is 1.70. The molecule has 0 saturated carbocycles. The lowest BCUT2D eigenvalue weighted by molar-refractivity contribution is -0.154. The number of ether oxygens (including phenoxy) is 2. The summed E-state index contributed by atoms with van der Waals surface area (Å²) in [6, 6.07) is 0. The third-order valence-electron chi connectivity index (χ3n) is 1.70. The molecule has 4 heteroatoms. The number of carbonyl (C=O) groups is 2. The number of hydrogen-bond donors (Lipinski definition) is 0. The van der Waals surface area contributed by atoms with Crippen LogP contribution >= 0.6 is 0 Å². The van der Waals surface area contributed by atoms with Crippen LogP contribution in [-0.4, -0.2) is 24.6 Å². The van der Waals surface area contributed by atoms with E-state index in [2.05, 4.69) is 0 Å². The first-order chi connectivity index (χ1) is 6.52. The van der Waals surface area contributed by atoms with E-state index in [1.54, 1.807) is 13.8 Å². The van der Waals surface area contributed by atoms with E-state index in [0.29, 0.717) is 13.1 Å². The Labute approximate surface area is 84.6 Å². The van der Waals surface area contributed by atoms with Crippen LogP contribution in [-0.2, 0) is 19.1 Å². The van der Waals surface area contributed by atoms with Gasteiger partial charge < -0.3 is 9.47 Å². The molecule has 0 atom stereocenters. The summed E-state index contributed by atoms with van der Waals surface area (Å²) in [5, 5.41) is 0. The highest BCUT2D eigenvalue weighted by Gasteiger charge is 2.23. The molecule has 0 fully saturated rings. The van der Waals surface area contributed by atoms with E-state index in [4.69, 9.17) is 9.47 Å². The van der Waals surface area contributed by atoms with Crippen molar-refractivity contribution >= 4 is 12.4 Å². The summed E-state index contributed by atoms with van der Waals surface area (Å²) in [6.45, 7) is 6.14. The number of esters is 1. The van der Waals surface area contributed by atoms with Crippen molar-refractivity contribution in [1.29, 1.82) is 0 Å². The van der Waals surface area contributed by atoms with Crippen molar-refractivity contribution in [3.63, 3.8) is 0 Å². The fourth-order valence-electron chi connectivity index (χ4n) is 0.901. The second kappa shape index (κ2) is 6.40. The highest BCUT2D eigenvalue weighted by atomic mass is 16.6. The van der Waals surface area contributed by atoms with Crippen molar-refractivity contribution in [2.75, 3.05) is 6.61 Å². The quantitative estimate of drug-likeness (QED) is 0.358. The van der Waals surface area contributed by atoms with E-state index in [9.17, 15) is 9.59 Å². The molecule has 0 rings (SSSR count). The Hall–Kier alpha value is -1.06. The lowest BCUT2D eigenvalue weighted by Gasteiger charge is -2.20. The number of carbonyl (C=O) groups excluding carboxylic acids is 2. The Balaban J connectivity index is 3.75. The van der Waals surface area contributed by atoms with Crippen LogP contribution in [0.2, 0.25) is 0 Å². The predicted molar refractivity (Wildman–Crippen MR) is 51.7 cm³/mol. The normalized spacial score (nSPS) is 10.8. The van der Waals surface area contributed by atoms with Crippen LogP contribution in [0.15, 0.2) is 0 Å². The van der Waals surface area contributed by atoms with E-state index in [1.807, 2.05) is 6.92 Å². The van der Waals surface area contributed by atoms with Crippen molar-refractivity contribution in [3.8, 4) is 0 Å². The van der Waals surface area contributed by atoms with Gasteiger partial charge in [0.2, 0.25) is 0 Å². The topological polar surface area (TPSA) is 52.6 Å². The second-order valence-corrected chi connectivity index (χ2v) is 3.72. The maximum Gasteiger partial charge on any atom is 0.309 e. The summed E-state index contributed by atoms with van der Waals surface area (Å²) in [6.07, 6.45) is 1.94. The smallest absolute Gasteiger partial charge is 0.309 e. The number of unbranched alkanes of at least 4 members (excludes halogenated alkanes) is 1. The molecule has 14 heavy (non-hydrogen) atoms. The van der Waals surface area contributed by atoms with Crippen LogP contribution in [0.3, 0.4) is 0 Å². The van der Waals surface area contributed by atoms with Crippen LogP contribution in [0.25, 0.3) is 0 Å². The zero-order chi connectivity index (χ0) is 11.0. The molecule has 0 aliphatic carbocycles. The molecule has 0 spiro atoms. The molecule has 82 valence electrons. The molecule has 0 aromatic rings. The summed E-state index contributed by atoms with van der Waals surface area (Å²) in [4.78, 5) is 21.3. The fraction of sp³-hybridized carbons (Fsp3) is 0.800. The minimum Gasteiger partial charge on any atom is -0.466 e. The largest absolute Gasteiger partial charge is 0.466 e. The Kier molecular flexibility index (Phi) is 5.92. The van der Waals surface area contributed by atoms with Gasteiger partial charge in [0, 0.05) is 0 Å². The fourth-order valence-corrected chi connectivity index (χ4v) is 0.901. The highest BCUT2D eigenvalue weighted by Crippen LogP contribution is 2.13. The van der Waals surface area contributed by atoms with Crippen LogP contribution in [0.4, 0.5) is 0 Å². The Morgan fingerprint density at radius 1 is 1.43 bits per heavy atom. The van der Waals surface area contributed by atoms with Gasteiger partial charge in [-0.2, -0.15) is 0 Å². The van der Waals surface area contributed by atoms with Gasteiger partial charge in [0.1, 0.15) is 5.60 Å². The van der Waals surface area contributed by atoms with Crippen LogP contribution in [0, 0.1) is 0 Å². The second-order valence-electron chi connectivity index (χ2n) is 3.72. The molecule has 0 aliphatic rings. The average molecular weight is 202 g/mol. The van der Waals surface area contributed by atoms with Crippen molar-refractivity contribution in [1.82, 2.24) is 0 Å². The zero-order valence-electron chi connectivity index (χ0n) is 9.04. The summed E-state index contributed by atoms with van der Waals surface area (Å²) in [7, 11) is 0. The summed E-state index contributed by atoms with van der Waals surface area (Å²) in [5.41, 5.74) is -0.773. The van der Waals surface area contributed by atoms with Crippen molar-refractivity contribution < 1.29 is 19.1 Å². The van der Waals surface area contributed by atoms with Crippen LogP contribution in [0.5, 0.6) is 0 Å². The monoisotopic (exact) mass is 202 g/mol. The van der Waals surface area contributed by atoms with Crippen molar-refractivity contribution in [2.45, 2.75) is 45.6 Å². The van der Waals surface area contributed by atoms with Gasteiger partial charge in [-0.1, -0.05) is 13.3 Å². The summed E-state index contributed by atoms with van der Waals surface area (Å²) >= 11 is 0. The molecule has 0 aromatic carbocycles. The Bertz CT molecular complexity index is 187. The Morgan fingerprint density at radius 3 is 2.57 bits per heavy atom. The van der Waals surface area contributed by atoms with E-state index >= 15 is 0 Å². The van der Waals surface area contributed by atoms with Crippen LogP contribution < -0.4 is 0 Å². The molecular formula is C10H18O4. The van der Waals surface area contributed by atoms with Gasteiger partial charge in [-0.25, -0.2) is 0 Å². The van der Waals surface area contributed by atoms with Gasteiger partial charge in [0.25, 0.3) is 6.47 Å². The first-order valence-corrected chi connectivity index (χ1v) is 4.79. The first kappa shape index (κ1) is 12.9. The highest BCUT2D eigenvalue weighted by molar-refractivity contribution is 5.70. The maximum atomic E-state index is 11.2. The van der Waals surface area contributed by atoms with Gasteiger partial charge in [-0.05, 0) is 20.3 Å². The number of rotatable bonds is 7. The molecule has 0 saturated heterocycles. The van der Waals surface area contributed by atoms with E-state index in [-0.39, 0.29) is 12.4 Å². The molecular weight excluding hydrogens is 184 g/mol. The lowest BCUT2D eigenvalue weighted by atomic mass is 10.1. The Morgan fingerprint density at radius 2 is 2.07 bits per heavy atom. The predicted octanol–water partition coefficient (Wildman–Crippen LogP) is 1.67. The zero-order valence-corrected chi connectivity index (χ0v) is 9.04. The van der Waals surface area contributed by atoms with Crippen LogP contribution in [0.1, 0.15) is 40.0 Å². The molecule has 0 aromatic heterocycles. The maximum absolute atomic E-state index is 11.2. The minimum absolute atomic E-state index is 0.0927. The van der Waals surface area contributed by atoms with Gasteiger partial charge in [0.15, 0.2) is 0 Å². The summed E-state index contributed by atoms with van der Waals surface area (Å²) < 4.78 is 9.65. The molecule has 0 amide bonds. The van der Waals surface area contributed by atoms with Gasteiger partial charge in [-0.15, -0.1) is 0 Å². The lowest BCUT2D eigenvalue weighted by Crippen LogP contribution is -2.28. The molecule has 0 aliphatic heterocycles.